The Morgan fingerprint density at radius 1 is 1.12 bits per heavy atom. The molecule has 17 heavy (non-hydrogen) atoms. The molecule has 0 spiro atoms. The lowest BCUT2D eigenvalue weighted by molar-refractivity contribution is 0.457. The quantitative estimate of drug-likeness (QED) is 0.836. The fourth-order valence-electron chi connectivity index (χ4n) is 2.62. The second-order valence-electron chi connectivity index (χ2n) is 5.94. The van der Waals surface area contributed by atoms with Gasteiger partial charge in [0.15, 0.2) is 0 Å². The van der Waals surface area contributed by atoms with E-state index < -0.39 is 0 Å². The van der Waals surface area contributed by atoms with Gasteiger partial charge in [-0.1, -0.05) is 27.7 Å². The van der Waals surface area contributed by atoms with Gasteiger partial charge in [-0.05, 0) is 23.7 Å². The Morgan fingerprint density at radius 3 is 2.18 bits per heavy atom. The van der Waals surface area contributed by atoms with Gasteiger partial charge in [0.2, 0.25) is 11.9 Å². The standard InChI is InChI=1S/C12H21N5/c1-7-15-9(13)17-10(16-7)14-6-8-11(2,3)12(8,4)5/h8H,6H2,1-5H3,(H3,13,14,15,16,17). The largest absolute Gasteiger partial charge is 0.368 e. The molecule has 94 valence electrons. The molecule has 5 nitrogen and oxygen atoms in total. The summed E-state index contributed by atoms with van der Waals surface area (Å²) >= 11 is 0. The van der Waals surface area contributed by atoms with E-state index in [-0.39, 0.29) is 5.95 Å². The van der Waals surface area contributed by atoms with Gasteiger partial charge < -0.3 is 11.1 Å². The molecule has 3 N–H and O–H groups in total. The second kappa shape index (κ2) is 3.55. The van der Waals surface area contributed by atoms with Crippen LogP contribution < -0.4 is 11.1 Å². The highest BCUT2D eigenvalue weighted by Gasteiger charge is 2.64. The summed E-state index contributed by atoms with van der Waals surface area (Å²) < 4.78 is 0. The van der Waals surface area contributed by atoms with Crippen LogP contribution in [-0.2, 0) is 0 Å². The molecule has 1 saturated carbocycles. The number of nitrogen functional groups attached to an aromatic ring is 1. The summed E-state index contributed by atoms with van der Waals surface area (Å²) in [6.07, 6.45) is 0. The first kappa shape index (κ1) is 12.1. The van der Waals surface area contributed by atoms with Crippen LogP contribution in [0.15, 0.2) is 0 Å². The minimum Gasteiger partial charge on any atom is -0.368 e. The Balaban J connectivity index is 2.00. The van der Waals surface area contributed by atoms with Crippen LogP contribution in [0.3, 0.4) is 0 Å². The van der Waals surface area contributed by atoms with Crippen LogP contribution in [0.1, 0.15) is 33.5 Å². The molecule has 0 atom stereocenters. The van der Waals surface area contributed by atoms with Crippen molar-refractivity contribution >= 4 is 11.9 Å². The number of aryl methyl sites for hydroxylation is 1. The number of hydrogen-bond acceptors (Lipinski definition) is 5. The lowest BCUT2D eigenvalue weighted by Gasteiger charge is -2.06. The van der Waals surface area contributed by atoms with Crippen LogP contribution in [0.2, 0.25) is 0 Å². The van der Waals surface area contributed by atoms with E-state index in [0.717, 1.165) is 6.54 Å². The Labute approximate surface area is 102 Å². The maximum atomic E-state index is 5.59. The van der Waals surface area contributed by atoms with E-state index in [1.807, 2.05) is 6.92 Å². The summed E-state index contributed by atoms with van der Waals surface area (Å²) in [5.74, 6) is 2.13. The smallest absolute Gasteiger partial charge is 0.227 e. The molecule has 1 aromatic heterocycles. The number of nitrogens with zero attached hydrogens (tertiary/aromatic N) is 3. The van der Waals surface area contributed by atoms with Crippen molar-refractivity contribution in [3.05, 3.63) is 5.82 Å². The lowest BCUT2D eigenvalue weighted by Crippen LogP contribution is -2.12. The summed E-state index contributed by atoms with van der Waals surface area (Å²) in [7, 11) is 0. The van der Waals surface area contributed by atoms with E-state index in [2.05, 4.69) is 48.0 Å². The zero-order valence-corrected chi connectivity index (χ0v) is 11.2. The summed E-state index contributed by atoms with van der Waals surface area (Å²) in [6.45, 7) is 11.9. The van der Waals surface area contributed by atoms with Gasteiger partial charge in [0.25, 0.3) is 0 Å². The van der Waals surface area contributed by atoms with Crippen molar-refractivity contribution in [3.8, 4) is 0 Å². The van der Waals surface area contributed by atoms with Crippen LogP contribution in [0.5, 0.6) is 0 Å². The van der Waals surface area contributed by atoms with Crippen LogP contribution in [-0.4, -0.2) is 21.5 Å². The van der Waals surface area contributed by atoms with Crippen LogP contribution in [0, 0.1) is 23.7 Å². The fraction of sp³-hybridized carbons (Fsp3) is 0.750. The summed E-state index contributed by atoms with van der Waals surface area (Å²) in [5.41, 5.74) is 6.32. The number of rotatable bonds is 3. The molecule has 1 aromatic rings. The van der Waals surface area contributed by atoms with Crippen molar-refractivity contribution < 1.29 is 0 Å². The maximum absolute atomic E-state index is 5.59. The molecule has 1 heterocycles. The third-order valence-electron chi connectivity index (χ3n) is 4.55. The van der Waals surface area contributed by atoms with Crippen molar-refractivity contribution in [1.82, 2.24) is 15.0 Å². The number of anilines is 2. The fourth-order valence-corrected chi connectivity index (χ4v) is 2.62. The normalized spacial score (nSPS) is 21.2. The number of hydrogen-bond donors (Lipinski definition) is 2. The van der Waals surface area contributed by atoms with Crippen LogP contribution >= 0.6 is 0 Å². The highest BCUT2D eigenvalue weighted by molar-refractivity contribution is 5.32. The Bertz CT molecular complexity index is 404. The van der Waals surface area contributed by atoms with Gasteiger partial charge in [0, 0.05) is 6.54 Å². The third kappa shape index (κ3) is 1.94. The molecule has 1 aliphatic rings. The minimum atomic E-state index is 0.273. The van der Waals surface area contributed by atoms with Crippen LogP contribution in [0.25, 0.3) is 0 Å². The molecule has 0 amide bonds. The average Bonchev–Trinajstić information content (AvgIpc) is 2.53. The van der Waals surface area contributed by atoms with Gasteiger partial charge in [-0.15, -0.1) is 0 Å². The highest BCUT2D eigenvalue weighted by atomic mass is 15.2. The van der Waals surface area contributed by atoms with Gasteiger partial charge in [0.1, 0.15) is 5.82 Å². The van der Waals surface area contributed by atoms with Crippen molar-refractivity contribution in [2.45, 2.75) is 34.6 Å². The molecule has 1 fully saturated rings. The number of nitrogens with two attached hydrogens (primary N) is 1. The highest BCUT2D eigenvalue weighted by Crippen LogP contribution is 2.68. The van der Waals surface area contributed by atoms with E-state index in [9.17, 15) is 0 Å². The van der Waals surface area contributed by atoms with Gasteiger partial charge in [-0.3, -0.25) is 0 Å². The predicted octanol–water partition coefficient (Wildman–Crippen LogP) is 1.86. The number of aromatic nitrogens is 3. The molecule has 5 heteroatoms. The number of nitrogens with one attached hydrogen (secondary N) is 1. The van der Waals surface area contributed by atoms with E-state index in [1.54, 1.807) is 0 Å². The van der Waals surface area contributed by atoms with Gasteiger partial charge in [0.05, 0.1) is 0 Å². The molecular formula is C12H21N5. The van der Waals surface area contributed by atoms with Crippen molar-refractivity contribution in [2.75, 3.05) is 17.6 Å². The Kier molecular flexibility index (Phi) is 2.52. The molecule has 2 rings (SSSR count). The van der Waals surface area contributed by atoms with Crippen LogP contribution in [0.4, 0.5) is 11.9 Å². The maximum Gasteiger partial charge on any atom is 0.227 e. The molecule has 0 bridgehead atoms. The summed E-state index contributed by atoms with van der Waals surface area (Å²) in [4.78, 5) is 12.2. The van der Waals surface area contributed by atoms with E-state index in [1.165, 1.54) is 0 Å². The van der Waals surface area contributed by atoms with Gasteiger partial charge in [-0.2, -0.15) is 15.0 Å². The van der Waals surface area contributed by atoms with Gasteiger partial charge >= 0.3 is 0 Å². The zero-order valence-electron chi connectivity index (χ0n) is 11.2. The molecule has 0 saturated heterocycles. The Morgan fingerprint density at radius 2 is 1.71 bits per heavy atom. The Hall–Kier alpha value is -1.39. The second-order valence-corrected chi connectivity index (χ2v) is 5.94. The van der Waals surface area contributed by atoms with Gasteiger partial charge in [-0.25, -0.2) is 0 Å². The molecular weight excluding hydrogens is 214 g/mol. The van der Waals surface area contributed by atoms with Crippen molar-refractivity contribution in [3.63, 3.8) is 0 Å². The third-order valence-corrected chi connectivity index (χ3v) is 4.55. The summed E-state index contributed by atoms with van der Waals surface area (Å²) in [6, 6.07) is 0. The molecule has 0 aromatic carbocycles. The predicted molar refractivity (Wildman–Crippen MR) is 68.5 cm³/mol. The molecule has 0 unspecified atom stereocenters. The van der Waals surface area contributed by atoms with E-state index >= 15 is 0 Å². The van der Waals surface area contributed by atoms with Crippen molar-refractivity contribution in [2.24, 2.45) is 16.7 Å². The summed E-state index contributed by atoms with van der Waals surface area (Å²) in [5, 5.41) is 3.26. The SMILES string of the molecule is Cc1nc(N)nc(NCC2C(C)(C)C2(C)C)n1. The average molecular weight is 235 g/mol. The lowest BCUT2D eigenvalue weighted by atomic mass is 10.0. The zero-order chi connectivity index (χ0) is 12.8. The monoisotopic (exact) mass is 235 g/mol. The van der Waals surface area contributed by atoms with Crippen molar-refractivity contribution in [1.29, 1.82) is 0 Å². The minimum absolute atomic E-state index is 0.273. The first-order valence-electron chi connectivity index (χ1n) is 5.97. The molecule has 1 aliphatic carbocycles. The molecule has 0 aliphatic heterocycles. The molecule has 0 radical (unpaired) electrons. The van der Waals surface area contributed by atoms with E-state index in [0.29, 0.717) is 28.5 Å². The topological polar surface area (TPSA) is 76.7 Å². The first-order valence-corrected chi connectivity index (χ1v) is 5.97. The first-order chi connectivity index (χ1) is 7.75. The van der Waals surface area contributed by atoms with E-state index in [4.69, 9.17) is 5.73 Å².